The number of amides is 2. The summed E-state index contributed by atoms with van der Waals surface area (Å²) >= 11 is 0. The van der Waals surface area contributed by atoms with Gasteiger partial charge in [0.25, 0.3) is 11.8 Å². The molecule has 1 unspecified atom stereocenters. The van der Waals surface area contributed by atoms with E-state index in [1.807, 2.05) is 0 Å². The Hall–Kier alpha value is -3.82. The molecule has 3 aromatic heterocycles. The molecule has 3 aromatic rings. The van der Waals surface area contributed by atoms with Crippen molar-refractivity contribution in [2.24, 2.45) is 5.73 Å². The molecule has 0 aliphatic heterocycles. The Bertz CT molecular complexity index is 965. The summed E-state index contributed by atoms with van der Waals surface area (Å²) in [6, 6.07) is 5.55. The fourth-order valence-electron chi connectivity index (χ4n) is 2.54. The van der Waals surface area contributed by atoms with E-state index >= 15 is 0 Å². The Morgan fingerprint density at radius 1 is 1.22 bits per heavy atom. The van der Waals surface area contributed by atoms with Gasteiger partial charge in [0.15, 0.2) is 0 Å². The van der Waals surface area contributed by atoms with Crippen LogP contribution in [0, 0.1) is 6.92 Å². The van der Waals surface area contributed by atoms with Crippen molar-refractivity contribution in [1.29, 1.82) is 0 Å². The van der Waals surface area contributed by atoms with Crippen molar-refractivity contribution in [3.8, 4) is 5.82 Å². The second-order valence-electron chi connectivity index (χ2n) is 5.65. The van der Waals surface area contributed by atoms with Crippen LogP contribution in [0.3, 0.4) is 0 Å². The number of Topliss-reactive ketones (excluding diaryl/α,β-unsaturated/α-hetero) is 1. The van der Waals surface area contributed by atoms with Crippen molar-refractivity contribution in [3.63, 3.8) is 0 Å². The number of ketones is 1. The van der Waals surface area contributed by atoms with E-state index in [2.05, 4.69) is 20.4 Å². The Morgan fingerprint density at radius 2 is 2.04 bits per heavy atom. The highest BCUT2D eigenvalue weighted by atomic mass is 16.5. The van der Waals surface area contributed by atoms with Crippen LogP contribution in [-0.2, 0) is 16.0 Å². The number of nitrogens with one attached hydrogen (secondary N) is 1. The molecule has 0 fully saturated rings. The Labute approximate surface area is 153 Å². The summed E-state index contributed by atoms with van der Waals surface area (Å²) < 4.78 is 6.48. The molecular formula is C17H16N6O4. The molecule has 2 amide bonds. The van der Waals surface area contributed by atoms with Crippen LogP contribution in [0.2, 0.25) is 0 Å². The van der Waals surface area contributed by atoms with Crippen molar-refractivity contribution < 1.29 is 18.9 Å². The number of aromatic nitrogens is 4. The summed E-state index contributed by atoms with van der Waals surface area (Å²) in [4.78, 5) is 44.5. The molecule has 0 spiro atoms. The molecule has 0 saturated heterocycles. The van der Waals surface area contributed by atoms with Crippen LogP contribution in [-0.4, -0.2) is 43.3 Å². The molecule has 1 atom stereocenters. The SMILES string of the molecule is Cc1ncc(C(=O)NC(Cc2ccno2)C(=O)C(N)=O)n1-c1ccccn1. The zero-order valence-electron chi connectivity index (χ0n) is 14.3. The fourth-order valence-corrected chi connectivity index (χ4v) is 2.54. The van der Waals surface area contributed by atoms with Gasteiger partial charge in [0.1, 0.15) is 29.1 Å². The van der Waals surface area contributed by atoms with Gasteiger partial charge in [0.05, 0.1) is 12.4 Å². The minimum atomic E-state index is -1.20. The van der Waals surface area contributed by atoms with E-state index in [-0.39, 0.29) is 12.1 Å². The second kappa shape index (κ2) is 7.60. The van der Waals surface area contributed by atoms with Gasteiger partial charge in [-0.1, -0.05) is 11.2 Å². The van der Waals surface area contributed by atoms with E-state index in [0.717, 1.165) is 0 Å². The molecular weight excluding hydrogens is 352 g/mol. The quantitative estimate of drug-likeness (QED) is 0.556. The van der Waals surface area contributed by atoms with Crippen LogP contribution < -0.4 is 11.1 Å². The Balaban J connectivity index is 1.88. The van der Waals surface area contributed by atoms with Gasteiger partial charge in [-0.3, -0.25) is 19.0 Å². The minimum Gasteiger partial charge on any atom is -0.363 e. The summed E-state index contributed by atoms with van der Waals surface area (Å²) in [7, 11) is 0. The molecule has 27 heavy (non-hydrogen) atoms. The zero-order chi connectivity index (χ0) is 19.4. The molecule has 0 radical (unpaired) electrons. The number of aryl methyl sites for hydroxylation is 1. The standard InChI is InChI=1S/C17H16N6O4/c1-10-20-9-13(23(10)14-4-2-3-6-19-14)17(26)22-12(15(24)16(18)25)8-11-5-7-21-27-11/h2-7,9,12H,8H2,1H3,(H2,18,25)(H,22,26). The molecule has 0 saturated carbocycles. The molecule has 10 nitrogen and oxygen atoms in total. The van der Waals surface area contributed by atoms with Gasteiger partial charge in [0, 0.05) is 18.7 Å². The second-order valence-corrected chi connectivity index (χ2v) is 5.65. The predicted molar refractivity (Wildman–Crippen MR) is 91.8 cm³/mol. The van der Waals surface area contributed by atoms with Crippen LogP contribution in [0.5, 0.6) is 0 Å². The highest BCUT2D eigenvalue weighted by Crippen LogP contribution is 2.13. The van der Waals surface area contributed by atoms with Gasteiger partial charge in [-0.2, -0.15) is 0 Å². The first kappa shape index (κ1) is 18.0. The average Bonchev–Trinajstić information content (AvgIpc) is 3.30. The maximum atomic E-state index is 12.8. The molecule has 138 valence electrons. The molecule has 0 bridgehead atoms. The first-order valence-corrected chi connectivity index (χ1v) is 7.97. The van der Waals surface area contributed by atoms with E-state index in [1.54, 1.807) is 31.3 Å². The Morgan fingerprint density at radius 3 is 2.67 bits per heavy atom. The van der Waals surface area contributed by atoms with Crippen molar-refractivity contribution in [2.45, 2.75) is 19.4 Å². The number of pyridine rings is 1. The summed E-state index contributed by atoms with van der Waals surface area (Å²) in [5.41, 5.74) is 5.25. The largest absolute Gasteiger partial charge is 0.363 e. The number of carbonyl (C=O) groups excluding carboxylic acids is 3. The lowest BCUT2D eigenvalue weighted by atomic mass is 10.1. The average molecular weight is 368 g/mol. The molecule has 3 N–H and O–H groups in total. The molecule has 0 aliphatic carbocycles. The highest BCUT2D eigenvalue weighted by Gasteiger charge is 2.28. The van der Waals surface area contributed by atoms with Gasteiger partial charge in [-0.25, -0.2) is 9.97 Å². The summed E-state index contributed by atoms with van der Waals surface area (Å²) in [6.45, 7) is 1.71. The number of nitrogens with two attached hydrogens (primary N) is 1. The topological polar surface area (TPSA) is 146 Å². The molecule has 0 aromatic carbocycles. The third-order valence-corrected chi connectivity index (χ3v) is 3.81. The number of carbonyl (C=O) groups is 3. The fraction of sp³-hybridized carbons (Fsp3) is 0.176. The van der Waals surface area contributed by atoms with E-state index in [1.165, 1.54) is 23.0 Å². The normalized spacial score (nSPS) is 11.7. The third-order valence-electron chi connectivity index (χ3n) is 3.81. The predicted octanol–water partition coefficient (Wildman–Crippen LogP) is -0.0408. The number of imidazole rings is 1. The van der Waals surface area contributed by atoms with Crippen molar-refractivity contribution >= 4 is 17.6 Å². The van der Waals surface area contributed by atoms with Gasteiger partial charge in [0.2, 0.25) is 5.78 Å². The van der Waals surface area contributed by atoms with Gasteiger partial charge in [-0.15, -0.1) is 0 Å². The van der Waals surface area contributed by atoms with E-state index in [4.69, 9.17) is 10.3 Å². The van der Waals surface area contributed by atoms with E-state index in [9.17, 15) is 14.4 Å². The lowest BCUT2D eigenvalue weighted by molar-refractivity contribution is -0.137. The number of rotatable bonds is 7. The first-order valence-electron chi connectivity index (χ1n) is 7.97. The third kappa shape index (κ3) is 3.89. The maximum Gasteiger partial charge on any atom is 0.287 e. The van der Waals surface area contributed by atoms with Gasteiger partial charge < -0.3 is 15.6 Å². The Kier molecular flexibility index (Phi) is 5.06. The van der Waals surface area contributed by atoms with E-state index in [0.29, 0.717) is 17.4 Å². The van der Waals surface area contributed by atoms with Crippen molar-refractivity contribution in [2.75, 3.05) is 0 Å². The maximum absolute atomic E-state index is 12.8. The van der Waals surface area contributed by atoms with Crippen molar-refractivity contribution in [1.82, 2.24) is 25.0 Å². The molecule has 10 heteroatoms. The molecule has 0 aliphatic rings. The minimum absolute atomic E-state index is 0.0653. The van der Waals surface area contributed by atoms with Crippen LogP contribution >= 0.6 is 0 Å². The van der Waals surface area contributed by atoms with Crippen LogP contribution in [0.4, 0.5) is 0 Å². The number of hydrogen-bond donors (Lipinski definition) is 2. The van der Waals surface area contributed by atoms with Crippen LogP contribution in [0.15, 0.2) is 47.4 Å². The number of nitrogens with zero attached hydrogens (tertiary/aromatic N) is 4. The van der Waals surface area contributed by atoms with Gasteiger partial charge >= 0.3 is 0 Å². The number of primary amides is 1. The first-order chi connectivity index (χ1) is 13.0. The summed E-state index contributed by atoms with van der Waals surface area (Å²) in [5.74, 6) is -1.36. The van der Waals surface area contributed by atoms with Crippen LogP contribution in [0.25, 0.3) is 5.82 Å². The highest BCUT2D eigenvalue weighted by molar-refractivity contribution is 6.38. The van der Waals surface area contributed by atoms with E-state index < -0.39 is 23.6 Å². The molecule has 3 heterocycles. The lowest BCUT2D eigenvalue weighted by Crippen LogP contribution is -2.47. The van der Waals surface area contributed by atoms with Gasteiger partial charge in [-0.05, 0) is 19.1 Å². The molecule has 3 rings (SSSR count). The zero-order valence-corrected chi connectivity index (χ0v) is 14.3. The number of hydrogen-bond acceptors (Lipinski definition) is 7. The summed E-state index contributed by atoms with van der Waals surface area (Å²) in [5, 5.41) is 6.05. The smallest absolute Gasteiger partial charge is 0.287 e. The lowest BCUT2D eigenvalue weighted by Gasteiger charge is -2.16. The summed E-state index contributed by atoms with van der Waals surface area (Å²) in [6.07, 6.45) is 4.27. The monoisotopic (exact) mass is 368 g/mol. The van der Waals surface area contributed by atoms with Crippen molar-refractivity contribution in [3.05, 3.63) is 60.1 Å². The van der Waals surface area contributed by atoms with Crippen LogP contribution in [0.1, 0.15) is 22.1 Å².